The highest BCUT2D eigenvalue weighted by Gasteiger charge is 2.23. The lowest BCUT2D eigenvalue weighted by Crippen LogP contribution is -2.39. The number of benzene rings is 2. The zero-order chi connectivity index (χ0) is 21.1. The molecule has 0 aliphatic carbocycles. The Morgan fingerprint density at radius 3 is 2.48 bits per heavy atom. The van der Waals surface area contributed by atoms with E-state index in [0.29, 0.717) is 23.2 Å². The summed E-state index contributed by atoms with van der Waals surface area (Å²) in [6.45, 7) is 8.69. The molecule has 1 heterocycles. The number of hydrogen-bond donors (Lipinski definition) is 0. The molecule has 3 rings (SSSR count). The smallest absolute Gasteiger partial charge is 0.260 e. The summed E-state index contributed by atoms with van der Waals surface area (Å²) in [5, 5.41) is 1.11. The van der Waals surface area contributed by atoms with Gasteiger partial charge in [-0.2, -0.15) is 0 Å². The van der Waals surface area contributed by atoms with Crippen LogP contribution < -0.4 is 4.90 Å². The van der Waals surface area contributed by atoms with Crippen molar-refractivity contribution >= 4 is 44.2 Å². The van der Waals surface area contributed by atoms with Crippen LogP contribution in [-0.2, 0) is 0 Å². The second-order valence-electron chi connectivity index (χ2n) is 6.63. The highest BCUT2D eigenvalue weighted by molar-refractivity contribution is 7.22. The molecule has 1 amide bonds. The molecule has 0 fully saturated rings. The van der Waals surface area contributed by atoms with Gasteiger partial charge >= 0.3 is 0 Å². The van der Waals surface area contributed by atoms with Crippen molar-refractivity contribution in [2.45, 2.75) is 20.8 Å². The summed E-state index contributed by atoms with van der Waals surface area (Å²) in [5.74, 6) is -2.45. The van der Waals surface area contributed by atoms with Crippen LogP contribution in [0.3, 0.4) is 0 Å². The summed E-state index contributed by atoms with van der Waals surface area (Å²) >= 11 is 7.58. The molecule has 0 aliphatic heterocycles. The fraction of sp³-hybridized carbons (Fsp3) is 0.333. The van der Waals surface area contributed by atoms with Gasteiger partial charge < -0.3 is 4.90 Å². The van der Waals surface area contributed by atoms with E-state index in [4.69, 9.17) is 11.6 Å². The van der Waals surface area contributed by atoms with E-state index in [2.05, 4.69) is 9.88 Å². The molecular formula is C21H22ClF2N3OS. The second kappa shape index (κ2) is 9.15. The zero-order valence-electron chi connectivity index (χ0n) is 16.5. The number of aryl methyl sites for hydroxylation is 1. The highest BCUT2D eigenvalue weighted by Crippen LogP contribution is 2.34. The zero-order valence-corrected chi connectivity index (χ0v) is 18.1. The largest absolute Gasteiger partial charge is 0.302 e. The van der Waals surface area contributed by atoms with Gasteiger partial charge in [-0.1, -0.05) is 36.8 Å². The molecule has 0 atom stereocenters. The normalized spacial score (nSPS) is 11.4. The van der Waals surface area contributed by atoms with E-state index in [1.165, 1.54) is 22.3 Å². The summed E-state index contributed by atoms with van der Waals surface area (Å²) in [6, 6.07) is 6.86. The number of carbonyl (C=O) groups is 1. The molecule has 0 radical (unpaired) electrons. The van der Waals surface area contributed by atoms with Crippen molar-refractivity contribution in [3.63, 3.8) is 0 Å². The molecule has 4 nitrogen and oxygen atoms in total. The van der Waals surface area contributed by atoms with Crippen molar-refractivity contribution in [2.75, 3.05) is 31.1 Å². The molecule has 2 aromatic carbocycles. The first-order valence-electron chi connectivity index (χ1n) is 9.40. The van der Waals surface area contributed by atoms with Gasteiger partial charge in [-0.05, 0) is 55.9 Å². The van der Waals surface area contributed by atoms with Gasteiger partial charge in [0.05, 0.1) is 10.2 Å². The highest BCUT2D eigenvalue weighted by atomic mass is 35.5. The average molecular weight is 438 g/mol. The quantitative estimate of drug-likeness (QED) is 0.488. The minimum Gasteiger partial charge on any atom is -0.302 e. The third-order valence-electron chi connectivity index (χ3n) is 4.91. The van der Waals surface area contributed by atoms with E-state index >= 15 is 0 Å². The number of fused-ring (bicyclic) bond motifs is 1. The first-order chi connectivity index (χ1) is 13.8. The number of anilines is 1. The van der Waals surface area contributed by atoms with Crippen LogP contribution in [0.4, 0.5) is 13.9 Å². The Balaban J connectivity index is 2.01. The molecule has 0 N–H and O–H groups in total. The summed E-state index contributed by atoms with van der Waals surface area (Å²) in [5.41, 5.74) is 1.66. The summed E-state index contributed by atoms with van der Waals surface area (Å²) < 4.78 is 27.9. The molecule has 8 heteroatoms. The van der Waals surface area contributed by atoms with Crippen LogP contribution in [0.1, 0.15) is 29.8 Å². The molecule has 0 saturated carbocycles. The van der Waals surface area contributed by atoms with Crippen molar-refractivity contribution < 1.29 is 13.6 Å². The predicted molar refractivity (Wildman–Crippen MR) is 115 cm³/mol. The second-order valence-corrected chi connectivity index (χ2v) is 8.04. The van der Waals surface area contributed by atoms with Gasteiger partial charge in [0, 0.05) is 23.7 Å². The van der Waals surface area contributed by atoms with Gasteiger partial charge in [-0.3, -0.25) is 9.69 Å². The predicted octanol–water partition coefficient (Wildman–Crippen LogP) is 5.52. The van der Waals surface area contributed by atoms with Gasteiger partial charge in [0.1, 0.15) is 0 Å². The van der Waals surface area contributed by atoms with E-state index < -0.39 is 17.5 Å². The maximum absolute atomic E-state index is 13.7. The van der Waals surface area contributed by atoms with Crippen LogP contribution >= 0.6 is 22.9 Å². The number of hydrogen-bond acceptors (Lipinski definition) is 4. The molecule has 3 aromatic rings. The summed E-state index contributed by atoms with van der Waals surface area (Å²) in [6.07, 6.45) is 0. The van der Waals surface area contributed by atoms with Crippen molar-refractivity contribution in [1.29, 1.82) is 0 Å². The number of nitrogens with zero attached hydrogens (tertiary/aromatic N) is 3. The van der Waals surface area contributed by atoms with Crippen molar-refractivity contribution in [1.82, 2.24) is 9.88 Å². The maximum Gasteiger partial charge on any atom is 0.260 e. The number of thiazole rings is 1. The van der Waals surface area contributed by atoms with Gasteiger partial charge in [0.15, 0.2) is 16.8 Å². The Kier molecular flexibility index (Phi) is 6.82. The van der Waals surface area contributed by atoms with Gasteiger partial charge in [0.25, 0.3) is 5.91 Å². The molecule has 0 aliphatic rings. The van der Waals surface area contributed by atoms with Gasteiger partial charge in [0.2, 0.25) is 0 Å². The number of amides is 1. The Morgan fingerprint density at radius 2 is 1.83 bits per heavy atom. The number of likely N-dealkylation sites (N-methyl/N-ethyl adjacent to an activating group) is 1. The number of aromatic nitrogens is 1. The Labute approximate surface area is 177 Å². The molecule has 154 valence electrons. The number of rotatable bonds is 7. The van der Waals surface area contributed by atoms with Crippen LogP contribution in [0.2, 0.25) is 5.02 Å². The Bertz CT molecular complexity index is 1040. The topological polar surface area (TPSA) is 36.4 Å². The Hall–Kier alpha value is -2.09. The van der Waals surface area contributed by atoms with Crippen LogP contribution in [0.25, 0.3) is 10.2 Å². The minimum atomic E-state index is -1.05. The number of carbonyl (C=O) groups excluding carboxylic acids is 1. The Morgan fingerprint density at radius 1 is 1.10 bits per heavy atom. The van der Waals surface area contributed by atoms with Crippen LogP contribution in [0.5, 0.6) is 0 Å². The first kappa shape index (κ1) is 21.6. The SMILES string of the molecule is CCN(CC)CCN(C(=O)c1ccc(F)c(F)c1)c1nc2c(C)c(Cl)ccc2s1. The number of halogens is 3. The lowest BCUT2D eigenvalue weighted by Gasteiger charge is -2.24. The fourth-order valence-electron chi connectivity index (χ4n) is 3.05. The molecular weight excluding hydrogens is 416 g/mol. The molecule has 0 saturated heterocycles. The average Bonchev–Trinajstić information content (AvgIpc) is 3.14. The third kappa shape index (κ3) is 4.57. The molecule has 0 bridgehead atoms. The molecule has 0 unspecified atom stereocenters. The third-order valence-corrected chi connectivity index (χ3v) is 6.37. The molecule has 0 spiro atoms. The van der Waals surface area contributed by atoms with E-state index in [0.717, 1.165) is 41.0 Å². The van der Waals surface area contributed by atoms with Crippen LogP contribution in [-0.4, -0.2) is 42.0 Å². The van der Waals surface area contributed by atoms with Crippen LogP contribution in [0, 0.1) is 18.6 Å². The standard InChI is InChI=1S/C21H22ClF2N3OS/c1-4-26(5-2)10-11-27(20(28)14-6-8-16(23)17(24)12-14)21-25-19-13(3)15(22)7-9-18(19)29-21/h6-9,12H,4-5,10-11H2,1-3H3. The minimum absolute atomic E-state index is 0.0810. The maximum atomic E-state index is 13.7. The lowest BCUT2D eigenvalue weighted by atomic mass is 10.2. The van der Waals surface area contributed by atoms with E-state index in [-0.39, 0.29) is 5.56 Å². The van der Waals surface area contributed by atoms with Gasteiger partial charge in [-0.25, -0.2) is 13.8 Å². The van der Waals surface area contributed by atoms with E-state index in [1.54, 1.807) is 6.07 Å². The van der Waals surface area contributed by atoms with Crippen LogP contribution in [0.15, 0.2) is 30.3 Å². The van der Waals surface area contributed by atoms with Crippen molar-refractivity contribution in [3.8, 4) is 0 Å². The van der Waals surface area contributed by atoms with E-state index in [1.807, 2.05) is 26.8 Å². The van der Waals surface area contributed by atoms with Crippen molar-refractivity contribution in [3.05, 3.63) is 58.1 Å². The summed E-state index contributed by atoms with van der Waals surface area (Å²) in [7, 11) is 0. The molecule has 1 aromatic heterocycles. The van der Waals surface area contributed by atoms with Gasteiger partial charge in [-0.15, -0.1) is 0 Å². The van der Waals surface area contributed by atoms with Crippen molar-refractivity contribution in [2.24, 2.45) is 0 Å². The van der Waals surface area contributed by atoms with E-state index in [9.17, 15) is 13.6 Å². The summed E-state index contributed by atoms with van der Waals surface area (Å²) in [4.78, 5) is 21.5. The first-order valence-corrected chi connectivity index (χ1v) is 10.6. The monoisotopic (exact) mass is 437 g/mol. The molecule has 29 heavy (non-hydrogen) atoms. The lowest BCUT2D eigenvalue weighted by molar-refractivity contribution is 0.0983. The fourth-order valence-corrected chi connectivity index (χ4v) is 4.26.